The van der Waals surface area contributed by atoms with Crippen molar-refractivity contribution in [3.8, 4) is 22.6 Å². The zero-order valence-electron chi connectivity index (χ0n) is 19.5. The summed E-state index contributed by atoms with van der Waals surface area (Å²) in [5, 5.41) is 0. The van der Waals surface area contributed by atoms with Crippen molar-refractivity contribution in [2.24, 2.45) is 0 Å². The lowest BCUT2D eigenvalue weighted by Gasteiger charge is -2.17. The molecule has 6 heteroatoms. The number of rotatable bonds is 6. The highest BCUT2D eigenvalue weighted by Gasteiger charge is 2.51. The first-order valence-corrected chi connectivity index (χ1v) is 11.3. The lowest BCUT2D eigenvalue weighted by atomic mass is 9.86. The van der Waals surface area contributed by atoms with Crippen LogP contribution in [0.3, 0.4) is 0 Å². The Hall–Kier alpha value is -3.67. The van der Waals surface area contributed by atoms with Gasteiger partial charge in [-0.1, -0.05) is 18.2 Å². The molecule has 34 heavy (non-hydrogen) atoms. The van der Waals surface area contributed by atoms with Gasteiger partial charge in [-0.2, -0.15) is 0 Å². The van der Waals surface area contributed by atoms with E-state index in [0.29, 0.717) is 22.6 Å². The van der Waals surface area contributed by atoms with Crippen LogP contribution in [0.2, 0.25) is 0 Å². The second kappa shape index (κ2) is 8.28. The summed E-state index contributed by atoms with van der Waals surface area (Å²) in [6, 6.07) is 16.1. The number of amides is 1. The normalized spacial score (nSPS) is 15.2. The van der Waals surface area contributed by atoms with Crippen LogP contribution in [0.25, 0.3) is 11.1 Å². The van der Waals surface area contributed by atoms with E-state index >= 15 is 0 Å². The molecule has 1 saturated carbocycles. The highest BCUT2D eigenvalue weighted by atomic mass is 19.1. The number of benzene rings is 3. The molecule has 1 amide bonds. The Morgan fingerprint density at radius 2 is 1.76 bits per heavy atom. The van der Waals surface area contributed by atoms with Crippen molar-refractivity contribution >= 4 is 11.7 Å². The average Bonchev–Trinajstić information content (AvgIpc) is 3.51. The Labute approximate surface area is 198 Å². The molecule has 0 unspecified atom stereocenters. The third-order valence-electron chi connectivity index (χ3n) is 6.78. The third-order valence-corrected chi connectivity index (χ3v) is 6.78. The molecule has 0 saturated heterocycles. The SMILES string of the molecule is Cc1cc(F)c(CC(=O)C2(c3ccc4c(c3)OCO4)CC2)cc1-c1cccc(C(=O)N(C)C)c1. The zero-order chi connectivity index (χ0) is 24.0. The molecule has 174 valence electrons. The highest BCUT2D eigenvalue weighted by Crippen LogP contribution is 2.51. The van der Waals surface area contributed by atoms with Crippen LogP contribution in [0, 0.1) is 12.7 Å². The van der Waals surface area contributed by atoms with Gasteiger partial charge in [-0.3, -0.25) is 9.59 Å². The van der Waals surface area contributed by atoms with E-state index in [2.05, 4.69) is 0 Å². The van der Waals surface area contributed by atoms with Gasteiger partial charge in [0.25, 0.3) is 5.91 Å². The van der Waals surface area contributed by atoms with Crippen LogP contribution in [0.5, 0.6) is 11.5 Å². The molecular formula is C28H26FNO4. The number of nitrogens with zero attached hydrogens (tertiary/aromatic N) is 1. The largest absolute Gasteiger partial charge is 0.454 e. The molecule has 2 aliphatic rings. The number of Topliss-reactive ketones (excluding diaryl/α,β-unsaturated/α-hetero) is 1. The Morgan fingerprint density at radius 3 is 2.50 bits per heavy atom. The van der Waals surface area contributed by atoms with Crippen LogP contribution in [-0.4, -0.2) is 37.5 Å². The van der Waals surface area contributed by atoms with Crippen molar-refractivity contribution < 1.29 is 23.5 Å². The van der Waals surface area contributed by atoms with Crippen molar-refractivity contribution in [2.75, 3.05) is 20.9 Å². The Kier molecular flexibility index (Phi) is 5.39. The maximum absolute atomic E-state index is 15.0. The molecule has 0 aromatic heterocycles. The molecule has 1 heterocycles. The molecule has 0 radical (unpaired) electrons. The summed E-state index contributed by atoms with van der Waals surface area (Å²) in [6.07, 6.45) is 1.48. The van der Waals surface area contributed by atoms with E-state index < -0.39 is 11.2 Å². The zero-order valence-corrected chi connectivity index (χ0v) is 19.5. The summed E-state index contributed by atoms with van der Waals surface area (Å²) in [5.74, 6) is 0.827. The van der Waals surface area contributed by atoms with Gasteiger partial charge in [0.1, 0.15) is 11.6 Å². The van der Waals surface area contributed by atoms with E-state index in [4.69, 9.17) is 9.47 Å². The maximum Gasteiger partial charge on any atom is 0.253 e. The quantitative estimate of drug-likeness (QED) is 0.516. The van der Waals surface area contributed by atoms with Gasteiger partial charge in [0.05, 0.1) is 5.41 Å². The molecule has 0 bridgehead atoms. The maximum atomic E-state index is 15.0. The van der Waals surface area contributed by atoms with Gasteiger partial charge in [0.15, 0.2) is 11.5 Å². The Bertz CT molecular complexity index is 1310. The molecule has 1 aliphatic carbocycles. The minimum Gasteiger partial charge on any atom is -0.454 e. The predicted octanol–water partition coefficient (Wildman–Crippen LogP) is 5.08. The van der Waals surface area contributed by atoms with Crippen molar-refractivity contribution in [3.63, 3.8) is 0 Å². The topological polar surface area (TPSA) is 55.8 Å². The number of fused-ring (bicyclic) bond motifs is 1. The Balaban J connectivity index is 1.44. The second-order valence-electron chi connectivity index (χ2n) is 9.29. The summed E-state index contributed by atoms with van der Waals surface area (Å²) >= 11 is 0. The van der Waals surface area contributed by atoms with E-state index in [1.807, 2.05) is 43.3 Å². The number of hydrogen-bond acceptors (Lipinski definition) is 4. The van der Waals surface area contributed by atoms with Crippen molar-refractivity contribution in [3.05, 3.63) is 82.7 Å². The monoisotopic (exact) mass is 459 g/mol. The highest BCUT2D eigenvalue weighted by molar-refractivity contribution is 5.96. The summed E-state index contributed by atoms with van der Waals surface area (Å²) in [6.45, 7) is 2.01. The van der Waals surface area contributed by atoms with Crippen LogP contribution in [-0.2, 0) is 16.6 Å². The standard InChI is InChI=1S/C28H26FNO4/c1-17-11-23(29)20(13-22(17)18-5-4-6-19(12-18)27(32)30(2)3)14-26(31)28(9-10-28)21-7-8-24-25(15-21)34-16-33-24/h4-8,11-13,15H,9-10,14,16H2,1-3H3. The van der Waals surface area contributed by atoms with Gasteiger partial charge in [-0.25, -0.2) is 4.39 Å². The first-order chi connectivity index (χ1) is 16.3. The third kappa shape index (κ3) is 3.83. The molecule has 5 rings (SSSR count). The smallest absolute Gasteiger partial charge is 0.253 e. The van der Waals surface area contributed by atoms with Gasteiger partial charge in [-0.05, 0) is 84.0 Å². The van der Waals surface area contributed by atoms with Gasteiger partial charge in [-0.15, -0.1) is 0 Å². The van der Waals surface area contributed by atoms with E-state index in [0.717, 1.165) is 35.1 Å². The number of ketones is 1. The fourth-order valence-electron chi connectivity index (χ4n) is 4.63. The lowest BCUT2D eigenvalue weighted by Crippen LogP contribution is -2.23. The van der Waals surface area contributed by atoms with Crippen LogP contribution >= 0.6 is 0 Å². The molecule has 5 nitrogen and oxygen atoms in total. The molecule has 0 N–H and O–H groups in total. The lowest BCUT2D eigenvalue weighted by molar-refractivity contribution is -0.120. The average molecular weight is 460 g/mol. The number of ether oxygens (including phenoxy) is 2. The molecule has 0 atom stereocenters. The fourth-order valence-corrected chi connectivity index (χ4v) is 4.63. The fraction of sp³-hybridized carbons (Fsp3) is 0.286. The van der Waals surface area contributed by atoms with Crippen LogP contribution in [0.1, 0.15) is 39.9 Å². The molecule has 1 fully saturated rings. The number of carbonyl (C=O) groups excluding carboxylic acids is 2. The molecule has 1 aliphatic heterocycles. The molecular weight excluding hydrogens is 433 g/mol. The van der Waals surface area contributed by atoms with E-state index in [1.165, 1.54) is 11.0 Å². The first kappa shape index (κ1) is 22.1. The minimum absolute atomic E-state index is 0.00314. The summed E-state index contributed by atoms with van der Waals surface area (Å²) in [7, 11) is 3.41. The minimum atomic E-state index is -0.601. The number of hydrogen-bond donors (Lipinski definition) is 0. The van der Waals surface area contributed by atoms with Gasteiger partial charge in [0.2, 0.25) is 6.79 Å². The van der Waals surface area contributed by atoms with E-state index in [1.54, 1.807) is 26.2 Å². The van der Waals surface area contributed by atoms with Gasteiger partial charge < -0.3 is 14.4 Å². The summed E-state index contributed by atoms with van der Waals surface area (Å²) < 4.78 is 25.8. The summed E-state index contributed by atoms with van der Waals surface area (Å²) in [4.78, 5) is 27.3. The number of halogens is 1. The molecule has 0 spiro atoms. The van der Waals surface area contributed by atoms with Crippen molar-refractivity contribution in [1.29, 1.82) is 0 Å². The molecule has 3 aromatic carbocycles. The van der Waals surface area contributed by atoms with Crippen LogP contribution < -0.4 is 9.47 Å². The number of aryl methyl sites for hydroxylation is 1. The van der Waals surface area contributed by atoms with Crippen LogP contribution in [0.15, 0.2) is 54.6 Å². The predicted molar refractivity (Wildman–Crippen MR) is 127 cm³/mol. The van der Waals surface area contributed by atoms with Crippen molar-refractivity contribution in [2.45, 2.75) is 31.6 Å². The first-order valence-electron chi connectivity index (χ1n) is 11.3. The van der Waals surface area contributed by atoms with E-state index in [9.17, 15) is 14.0 Å². The van der Waals surface area contributed by atoms with Gasteiger partial charge >= 0.3 is 0 Å². The van der Waals surface area contributed by atoms with E-state index in [-0.39, 0.29) is 24.9 Å². The Morgan fingerprint density at radius 1 is 1.00 bits per heavy atom. The van der Waals surface area contributed by atoms with Crippen LogP contribution in [0.4, 0.5) is 4.39 Å². The second-order valence-corrected chi connectivity index (χ2v) is 9.29. The summed E-state index contributed by atoms with van der Waals surface area (Å²) in [5.41, 5.74) is 3.59. The van der Waals surface area contributed by atoms with Gasteiger partial charge in [0, 0.05) is 26.1 Å². The number of carbonyl (C=O) groups is 2. The van der Waals surface area contributed by atoms with Crippen molar-refractivity contribution in [1.82, 2.24) is 4.90 Å². The molecule has 3 aromatic rings.